The number of hydrogen-bond acceptors (Lipinski definition) is 4. The van der Waals surface area contributed by atoms with Crippen molar-refractivity contribution in [1.29, 1.82) is 0 Å². The van der Waals surface area contributed by atoms with E-state index < -0.39 is 41.3 Å². The van der Waals surface area contributed by atoms with Gasteiger partial charge in [-0.25, -0.2) is 0 Å². The smallest absolute Gasteiger partial charge is 0.398 e. The standard InChI is InChI=1S/C26H33F6N3O3/c1-15(2)24(7-3-19(13-24)35(23(37)26(30,31)32)18-5-9-38-10-6-18)22(36)34-8-4-20-16(14-34)11-17(12-21(20)33)25(27,28)29/h11-12,15,18-19H,3-10,13-14,33H2,1-2H3/t19-,24+/m1/s1. The van der Waals surface area contributed by atoms with Crippen LogP contribution >= 0.6 is 0 Å². The Balaban J connectivity index is 1.60. The number of nitrogens with two attached hydrogens (primary N) is 1. The Labute approximate surface area is 217 Å². The van der Waals surface area contributed by atoms with Gasteiger partial charge in [-0.05, 0) is 67.7 Å². The van der Waals surface area contributed by atoms with Gasteiger partial charge in [0.25, 0.3) is 0 Å². The molecule has 0 bridgehead atoms. The summed E-state index contributed by atoms with van der Waals surface area (Å²) in [4.78, 5) is 29.0. The van der Waals surface area contributed by atoms with Crippen LogP contribution in [-0.4, -0.2) is 59.6 Å². The second kappa shape index (κ2) is 10.2. The predicted octanol–water partition coefficient (Wildman–Crippen LogP) is 4.94. The lowest BCUT2D eigenvalue weighted by atomic mass is 9.73. The van der Waals surface area contributed by atoms with Crippen LogP contribution in [-0.2, 0) is 33.5 Å². The fourth-order valence-electron chi connectivity index (χ4n) is 6.38. The highest BCUT2D eigenvalue weighted by atomic mass is 19.4. The van der Waals surface area contributed by atoms with Crippen LogP contribution in [0.15, 0.2) is 12.1 Å². The molecule has 2 aliphatic heterocycles. The molecule has 0 aromatic heterocycles. The van der Waals surface area contributed by atoms with E-state index in [4.69, 9.17) is 10.5 Å². The molecule has 1 saturated carbocycles. The minimum Gasteiger partial charge on any atom is -0.398 e. The summed E-state index contributed by atoms with van der Waals surface area (Å²) in [5, 5.41) is 0. The number of nitrogens with zero attached hydrogens (tertiary/aromatic N) is 2. The van der Waals surface area contributed by atoms with Gasteiger partial charge in [-0.3, -0.25) is 9.59 Å². The zero-order valence-electron chi connectivity index (χ0n) is 21.4. The number of nitrogen functional groups attached to an aromatic ring is 1. The maximum Gasteiger partial charge on any atom is 0.471 e. The Morgan fingerprint density at radius 1 is 1.08 bits per heavy atom. The highest BCUT2D eigenvalue weighted by Crippen LogP contribution is 2.49. The number of halogens is 6. The van der Waals surface area contributed by atoms with Crippen LogP contribution in [0.25, 0.3) is 0 Å². The molecule has 3 aliphatic rings. The molecule has 0 radical (unpaired) electrons. The Hall–Kier alpha value is -2.50. The number of fused-ring (bicyclic) bond motifs is 1. The first-order valence-electron chi connectivity index (χ1n) is 12.9. The van der Waals surface area contributed by atoms with E-state index in [1.807, 2.05) is 13.8 Å². The van der Waals surface area contributed by atoms with Gasteiger partial charge >= 0.3 is 18.3 Å². The molecule has 2 heterocycles. The van der Waals surface area contributed by atoms with Gasteiger partial charge in [0.05, 0.1) is 11.0 Å². The second-order valence-corrected chi connectivity index (χ2v) is 10.9. The molecular weight excluding hydrogens is 516 g/mol. The van der Waals surface area contributed by atoms with Crippen LogP contribution in [0.1, 0.15) is 62.6 Å². The van der Waals surface area contributed by atoms with Crippen LogP contribution in [0.5, 0.6) is 0 Å². The zero-order valence-corrected chi connectivity index (χ0v) is 21.4. The molecule has 1 aromatic rings. The SMILES string of the molecule is CC(C)[C@]1(C(=O)N2CCc3c(N)cc(C(F)(F)F)cc3C2)CC[C@@H](N(C(=O)C(F)(F)F)C2CCOCC2)C1. The van der Waals surface area contributed by atoms with Gasteiger partial charge < -0.3 is 20.3 Å². The van der Waals surface area contributed by atoms with Gasteiger partial charge in [0.2, 0.25) is 5.91 Å². The summed E-state index contributed by atoms with van der Waals surface area (Å²) in [5.41, 5.74) is 4.90. The summed E-state index contributed by atoms with van der Waals surface area (Å²) in [6, 6.07) is 0.505. The lowest BCUT2D eigenvalue weighted by Gasteiger charge is -2.42. The lowest BCUT2D eigenvalue weighted by molar-refractivity contribution is -0.192. The second-order valence-electron chi connectivity index (χ2n) is 10.9. The van der Waals surface area contributed by atoms with Crippen molar-refractivity contribution < 1.29 is 40.7 Å². The summed E-state index contributed by atoms with van der Waals surface area (Å²) in [6.45, 7) is 4.33. The Morgan fingerprint density at radius 2 is 1.74 bits per heavy atom. The molecule has 1 saturated heterocycles. The summed E-state index contributed by atoms with van der Waals surface area (Å²) < 4.78 is 86.2. The van der Waals surface area contributed by atoms with Gasteiger partial charge in [0.1, 0.15) is 0 Å². The molecule has 1 aliphatic carbocycles. The molecule has 4 rings (SSSR count). The van der Waals surface area contributed by atoms with Crippen molar-refractivity contribution in [2.45, 2.75) is 83.4 Å². The van der Waals surface area contributed by atoms with Crippen molar-refractivity contribution in [1.82, 2.24) is 9.80 Å². The molecular formula is C26H33F6N3O3. The summed E-state index contributed by atoms with van der Waals surface area (Å²) in [6.07, 6.45) is -8.20. The summed E-state index contributed by atoms with van der Waals surface area (Å²) >= 11 is 0. The molecule has 0 spiro atoms. The largest absolute Gasteiger partial charge is 0.471 e. The molecule has 2 N–H and O–H groups in total. The minimum atomic E-state index is -5.04. The maximum absolute atomic E-state index is 14.0. The topological polar surface area (TPSA) is 75.9 Å². The summed E-state index contributed by atoms with van der Waals surface area (Å²) in [5.74, 6) is -2.46. The van der Waals surface area contributed by atoms with E-state index in [0.29, 0.717) is 11.1 Å². The molecule has 1 aromatic carbocycles. The number of ether oxygens (including phenoxy) is 1. The van der Waals surface area contributed by atoms with E-state index in [-0.39, 0.29) is 82.3 Å². The van der Waals surface area contributed by atoms with Gasteiger partial charge in [-0.1, -0.05) is 13.8 Å². The Bertz CT molecular complexity index is 1070. The quantitative estimate of drug-likeness (QED) is 0.427. The number of alkyl halides is 6. The number of carbonyl (C=O) groups is 2. The van der Waals surface area contributed by atoms with Gasteiger partial charge in [-0.2, -0.15) is 26.3 Å². The van der Waals surface area contributed by atoms with Crippen LogP contribution in [0.4, 0.5) is 32.0 Å². The molecule has 212 valence electrons. The number of carbonyl (C=O) groups excluding carboxylic acids is 2. The van der Waals surface area contributed by atoms with Crippen molar-refractivity contribution in [3.8, 4) is 0 Å². The molecule has 12 heteroatoms. The average molecular weight is 550 g/mol. The number of amides is 2. The van der Waals surface area contributed by atoms with Crippen molar-refractivity contribution in [3.05, 3.63) is 28.8 Å². The fourth-order valence-corrected chi connectivity index (χ4v) is 6.38. The molecule has 2 fully saturated rings. The normalized spacial score (nSPS) is 25.0. The van der Waals surface area contributed by atoms with Crippen LogP contribution in [0, 0.1) is 11.3 Å². The summed E-state index contributed by atoms with van der Waals surface area (Å²) in [7, 11) is 0. The van der Waals surface area contributed by atoms with Gasteiger partial charge in [0, 0.05) is 44.1 Å². The molecule has 0 unspecified atom stereocenters. The van der Waals surface area contributed by atoms with Crippen molar-refractivity contribution in [2.24, 2.45) is 11.3 Å². The Morgan fingerprint density at radius 3 is 2.32 bits per heavy atom. The first-order valence-corrected chi connectivity index (χ1v) is 12.9. The van der Waals surface area contributed by atoms with Gasteiger partial charge in [-0.15, -0.1) is 0 Å². The zero-order chi connectivity index (χ0) is 28.0. The minimum absolute atomic E-state index is 0.0270. The van der Waals surface area contributed by atoms with E-state index in [1.54, 1.807) is 0 Å². The van der Waals surface area contributed by atoms with E-state index in [1.165, 1.54) is 4.90 Å². The van der Waals surface area contributed by atoms with E-state index in [0.717, 1.165) is 17.0 Å². The maximum atomic E-state index is 14.0. The monoisotopic (exact) mass is 549 g/mol. The molecule has 2 amide bonds. The van der Waals surface area contributed by atoms with E-state index in [9.17, 15) is 35.9 Å². The third-order valence-electron chi connectivity index (χ3n) is 8.49. The van der Waals surface area contributed by atoms with Crippen LogP contribution < -0.4 is 5.73 Å². The molecule has 2 atom stereocenters. The van der Waals surface area contributed by atoms with Crippen molar-refractivity contribution >= 4 is 17.5 Å². The van der Waals surface area contributed by atoms with Crippen LogP contribution in [0.3, 0.4) is 0 Å². The first kappa shape index (κ1) is 28.5. The number of benzene rings is 1. The number of hydrogen-bond donors (Lipinski definition) is 1. The number of rotatable bonds is 4. The van der Waals surface area contributed by atoms with E-state index >= 15 is 0 Å². The highest BCUT2D eigenvalue weighted by molar-refractivity contribution is 5.85. The third kappa shape index (κ3) is 5.33. The molecule has 38 heavy (non-hydrogen) atoms. The average Bonchev–Trinajstić information content (AvgIpc) is 3.29. The van der Waals surface area contributed by atoms with E-state index in [2.05, 4.69) is 0 Å². The van der Waals surface area contributed by atoms with Crippen molar-refractivity contribution in [2.75, 3.05) is 25.5 Å². The molecule has 6 nitrogen and oxygen atoms in total. The lowest BCUT2D eigenvalue weighted by Crippen LogP contribution is -2.54. The number of anilines is 1. The van der Waals surface area contributed by atoms with Crippen molar-refractivity contribution in [3.63, 3.8) is 0 Å². The van der Waals surface area contributed by atoms with Gasteiger partial charge in [0.15, 0.2) is 0 Å². The fraction of sp³-hybridized carbons (Fsp3) is 0.692. The highest BCUT2D eigenvalue weighted by Gasteiger charge is 2.55. The first-order chi connectivity index (χ1) is 17.6. The predicted molar refractivity (Wildman–Crippen MR) is 127 cm³/mol. The Kier molecular flexibility index (Phi) is 7.68. The third-order valence-corrected chi connectivity index (χ3v) is 8.49. The van der Waals surface area contributed by atoms with Crippen LogP contribution in [0.2, 0.25) is 0 Å².